The Morgan fingerprint density at radius 3 is 2.39 bits per heavy atom. The van der Waals surface area contributed by atoms with E-state index in [1.54, 1.807) is 6.07 Å². The molecule has 0 aromatic heterocycles. The van der Waals surface area contributed by atoms with Crippen LogP contribution in [0, 0.1) is 0 Å². The summed E-state index contributed by atoms with van der Waals surface area (Å²) >= 11 is 6.11. The molecular weight excluding hydrogens is 310 g/mol. The Kier molecular flexibility index (Phi) is 6.31. The number of aryl methyl sites for hydroxylation is 1. The Morgan fingerprint density at radius 1 is 1.13 bits per heavy atom. The van der Waals surface area contributed by atoms with Gasteiger partial charge in [-0.2, -0.15) is 0 Å². The molecule has 0 fully saturated rings. The fourth-order valence-corrected chi connectivity index (χ4v) is 2.89. The second-order valence-electron chi connectivity index (χ2n) is 5.59. The summed E-state index contributed by atoms with van der Waals surface area (Å²) in [5.74, 6) is 0.622. The number of aromatic hydroxyl groups is 1. The number of hydrogen-bond donors (Lipinski definition) is 2. The first-order chi connectivity index (χ1) is 11.1. The molecule has 3 nitrogen and oxygen atoms in total. The van der Waals surface area contributed by atoms with Gasteiger partial charge in [0.25, 0.3) is 0 Å². The third-order valence-corrected chi connectivity index (χ3v) is 4.30. The first kappa shape index (κ1) is 17.6. The maximum atomic E-state index is 9.94. The smallest absolute Gasteiger partial charge is 0.176 e. The fraction of sp³-hybridized carbons (Fsp3) is 0.368. The molecule has 0 spiro atoms. The maximum absolute atomic E-state index is 9.94. The highest BCUT2D eigenvalue weighted by Crippen LogP contribution is 2.36. The number of nitrogens with two attached hydrogens (primary N) is 1. The molecule has 1 unspecified atom stereocenters. The zero-order valence-electron chi connectivity index (χ0n) is 13.7. The van der Waals surface area contributed by atoms with Crippen molar-refractivity contribution in [3.63, 3.8) is 0 Å². The number of hydrogen-bond acceptors (Lipinski definition) is 3. The monoisotopic (exact) mass is 333 g/mol. The summed E-state index contributed by atoms with van der Waals surface area (Å²) in [5, 5.41) is 10.2. The minimum atomic E-state index is -0.00568. The number of ether oxygens (including phenoxy) is 1. The molecule has 2 aromatic carbocycles. The van der Waals surface area contributed by atoms with Crippen LogP contribution >= 0.6 is 11.6 Å². The van der Waals surface area contributed by atoms with Crippen LogP contribution in [0.2, 0.25) is 5.02 Å². The predicted octanol–water partition coefficient (Wildman–Crippen LogP) is 4.29. The third-order valence-electron chi connectivity index (χ3n) is 4.01. The van der Waals surface area contributed by atoms with E-state index in [1.165, 1.54) is 11.1 Å². The van der Waals surface area contributed by atoms with Gasteiger partial charge < -0.3 is 15.6 Å². The van der Waals surface area contributed by atoms with Gasteiger partial charge in [0.1, 0.15) is 0 Å². The molecule has 0 saturated carbocycles. The second kappa shape index (κ2) is 8.23. The molecule has 0 aliphatic rings. The van der Waals surface area contributed by atoms with Crippen LogP contribution in [0.25, 0.3) is 0 Å². The van der Waals surface area contributed by atoms with Gasteiger partial charge >= 0.3 is 0 Å². The minimum absolute atomic E-state index is 0.00568. The summed E-state index contributed by atoms with van der Waals surface area (Å²) in [6.45, 7) is 5.04. The van der Waals surface area contributed by atoms with Gasteiger partial charge in [-0.3, -0.25) is 0 Å². The van der Waals surface area contributed by atoms with Gasteiger partial charge in [0.05, 0.1) is 11.6 Å². The van der Waals surface area contributed by atoms with E-state index in [9.17, 15) is 5.11 Å². The van der Waals surface area contributed by atoms with Gasteiger partial charge in [-0.05, 0) is 55.1 Å². The highest BCUT2D eigenvalue weighted by Gasteiger charge is 2.15. The van der Waals surface area contributed by atoms with Gasteiger partial charge in [-0.25, -0.2) is 0 Å². The molecule has 3 N–H and O–H groups in total. The lowest BCUT2D eigenvalue weighted by Crippen LogP contribution is -2.15. The number of phenols is 1. The Morgan fingerprint density at radius 2 is 1.83 bits per heavy atom. The molecule has 0 amide bonds. The van der Waals surface area contributed by atoms with Crippen molar-refractivity contribution in [3.8, 4) is 11.5 Å². The lowest BCUT2D eigenvalue weighted by Gasteiger charge is -2.17. The number of benzene rings is 2. The summed E-state index contributed by atoms with van der Waals surface area (Å²) in [5.41, 5.74) is 9.51. The van der Waals surface area contributed by atoms with Crippen LogP contribution in [-0.2, 0) is 12.8 Å². The normalized spacial score (nSPS) is 12.2. The van der Waals surface area contributed by atoms with Crippen molar-refractivity contribution >= 4 is 11.6 Å². The average molecular weight is 334 g/mol. The van der Waals surface area contributed by atoms with E-state index in [1.807, 2.05) is 13.0 Å². The van der Waals surface area contributed by atoms with Crippen LogP contribution in [0.5, 0.6) is 11.5 Å². The number of phenolic OH excluding ortho intramolecular Hbond substituents is 1. The average Bonchev–Trinajstić information content (AvgIpc) is 2.57. The van der Waals surface area contributed by atoms with Crippen molar-refractivity contribution in [3.05, 3.63) is 58.1 Å². The summed E-state index contributed by atoms with van der Waals surface area (Å²) in [7, 11) is 0. The fourth-order valence-electron chi connectivity index (χ4n) is 2.66. The van der Waals surface area contributed by atoms with E-state index < -0.39 is 0 Å². The number of rotatable bonds is 7. The predicted molar refractivity (Wildman–Crippen MR) is 95.6 cm³/mol. The topological polar surface area (TPSA) is 55.5 Å². The van der Waals surface area contributed by atoms with Crippen molar-refractivity contribution in [1.82, 2.24) is 0 Å². The van der Waals surface area contributed by atoms with Crippen LogP contribution in [0.15, 0.2) is 36.4 Å². The quantitative estimate of drug-likeness (QED) is 0.794. The molecule has 0 saturated heterocycles. The van der Waals surface area contributed by atoms with Crippen molar-refractivity contribution in [2.75, 3.05) is 13.2 Å². The van der Waals surface area contributed by atoms with E-state index in [4.69, 9.17) is 22.1 Å². The molecule has 2 rings (SSSR count). The van der Waals surface area contributed by atoms with Gasteiger partial charge in [0.2, 0.25) is 0 Å². The Bertz CT molecular complexity index is 641. The van der Waals surface area contributed by atoms with E-state index in [0.29, 0.717) is 23.9 Å². The van der Waals surface area contributed by atoms with Gasteiger partial charge in [-0.15, -0.1) is 0 Å². The maximum Gasteiger partial charge on any atom is 0.176 e. The van der Waals surface area contributed by atoms with E-state index >= 15 is 0 Å². The van der Waals surface area contributed by atoms with Crippen molar-refractivity contribution in [2.24, 2.45) is 5.73 Å². The Hall–Kier alpha value is -1.71. The molecular formula is C19H24ClNO2. The van der Waals surface area contributed by atoms with Crippen LogP contribution < -0.4 is 10.5 Å². The van der Waals surface area contributed by atoms with Gasteiger partial charge in [0.15, 0.2) is 11.5 Å². The van der Waals surface area contributed by atoms with E-state index in [-0.39, 0.29) is 11.7 Å². The summed E-state index contributed by atoms with van der Waals surface area (Å²) in [6, 6.07) is 12.2. The van der Waals surface area contributed by atoms with Gasteiger partial charge in [-0.1, -0.05) is 42.8 Å². The summed E-state index contributed by atoms with van der Waals surface area (Å²) in [4.78, 5) is 0. The molecule has 0 heterocycles. The van der Waals surface area contributed by atoms with Crippen molar-refractivity contribution < 1.29 is 9.84 Å². The molecule has 2 aromatic rings. The molecule has 0 bridgehead atoms. The number of halogens is 1. The lowest BCUT2D eigenvalue weighted by molar-refractivity contribution is 0.318. The third kappa shape index (κ3) is 4.40. The molecule has 124 valence electrons. The zero-order valence-corrected chi connectivity index (χ0v) is 14.4. The van der Waals surface area contributed by atoms with E-state index in [2.05, 4.69) is 31.2 Å². The van der Waals surface area contributed by atoms with Crippen LogP contribution in [0.3, 0.4) is 0 Å². The zero-order chi connectivity index (χ0) is 16.8. The van der Waals surface area contributed by atoms with Crippen LogP contribution in [0.1, 0.15) is 36.5 Å². The Balaban J connectivity index is 2.23. The molecule has 0 aliphatic heterocycles. The van der Waals surface area contributed by atoms with Crippen molar-refractivity contribution in [1.29, 1.82) is 0 Å². The van der Waals surface area contributed by atoms with Gasteiger partial charge in [0, 0.05) is 5.92 Å². The molecule has 23 heavy (non-hydrogen) atoms. The summed E-state index contributed by atoms with van der Waals surface area (Å²) < 4.78 is 5.44. The first-order valence-corrected chi connectivity index (χ1v) is 8.39. The SMILES string of the molecule is CCOc1cc(CC(CN)c2ccc(CC)cc2)cc(Cl)c1O. The summed E-state index contributed by atoms with van der Waals surface area (Å²) in [6.07, 6.45) is 1.78. The molecule has 0 radical (unpaired) electrons. The van der Waals surface area contributed by atoms with E-state index in [0.717, 1.165) is 18.4 Å². The van der Waals surface area contributed by atoms with Crippen LogP contribution in [0.4, 0.5) is 0 Å². The largest absolute Gasteiger partial charge is 0.503 e. The molecule has 4 heteroatoms. The molecule has 0 aliphatic carbocycles. The van der Waals surface area contributed by atoms with Crippen LogP contribution in [-0.4, -0.2) is 18.3 Å². The van der Waals surface area contributed by atoms with Crippen molar-refractivity contribution in [2.45, 2.75) is 32.6 Å². The molecule has 1 atom stereocenters. The second-order valence-corrected chi connectivity index (χ2v) is 6.00. The standard InChI is InChI=1S/C19H24ClNO2/c1-3-13-5-7-15(8-6-13)16(12-21)9-14-10-17(20)19(22)18(11-14)23-4-2/h5-8,10-11,16,22H,3-4,9,12,21H2,1-2H3. The minimum Gasteiger partial charge on any atom is -0.503 e. The lowest BCUT2D eigenvalue weighted by atomic mass is 9.91. The Labute approximate surface area is 143 Å². The highest BCUT2D eigenvalue weighted by molar-refractivity contribution is 6.32. The first-order valence-electron chi connectivity index (χ1n) is 8.02. The highest BCUT2D eigenvalue weighted by atomic mass is 35.5.